The molecule has 0 fully saturated rings. The summed E-state index contributed by atoms with van der Waals surface area (Å²) in [5.41, 5.74) is 15.5. The number of fused-ring (bicyclic) bond motifs is 13. The number of anilines is 6. The SMILES string of the molecule is [2H]c1c([2H])c([2H])c(-c2cccc(N(c3ccc4c(c3)C3(c5ccccc5-c5ccc(N(c6ccccc6)c6ccccc6)cc53)c3ccccc3-4)c3ccc4c(c3)sc3ccccc34)c2)c([2H])c1[2H]. The quantitative estimate of drug-likeness (QED) is 0.158. The van der Waals surface area contributed by atoms with Crippen LogP contribution in [-0.4, -0.2) is 0 Å². The Kier molecular flexibility index (Phi) is 7.23. The molecule has 0 amide bonds. The van der Waals surface area contributed by atoms with E-state index in [0.29, 0.717) is 5.56 Å². The minimum absolute atomic E-state index is 0.168. The van der Waals surface area contributed by atoms with Crippen LogP contribution in [0.5, 0.6) is 0 Å². The van der Waals surface area contributed by atoms with Crippen LogP contribution in [0.1, 0.15) is 29.1 Å². The predicted octanol–water partition coefficient (Wildman–Crippen LogP) is 17.0. The van der Waals surface area contributed by atoms with E-state index in [1.165, 1.54) is 54.4 Å². The van der Waals surface area contributed by atoms with Crippen molar-refractivity contribution in [1.29, 1.82) is 0 Å². The molecule has 1 spiro atoms. The summed E-state index contributed by atoms with van der Waals surface area (Å²) in [5, 5.41) is 2.40. The van der Waals surface area contributed by atoms with E-state index in [-0.39, 0.29) is 29.7 Å². The Labute approximate surface area is 384 Å². The third-order valence-corrected chi connectivity index (χ3v) is 14.2. The fourth-order valence-electron chi connectivity index (χ4n) is 10.5. The average molecular weight is 838 g/mol. The third-order valence-electron chi connectivity index (χ3n) is 13.1. The van der Waals surface area contributed by atoms with Gasteiger partial charge in [0.25, 0.3) is 0 Å². The maximum Gasteiger partial charge on any atom is 0.0727 e. The molecule has 2 nitrogen and oxygen atoms in total. The van der Waals surface area contributed by atoms with Crippen molar-refractivity contribution in [2.45, 2.75) is 5.41 Å². The van der Waals surface area contributed by atoms with E-state index in [2.05, 4.69) is 198 Å². The minimum Gasteiger partial charge on any atom is -0.310 e. The van der Waals surface area contributed by atoms with Crippen molar-refractivity contribution in [1.82, 2.24) is 0 Å². The van der Waals surface area contributed by atoms with E-state index in [9.17, 15) is 0 Å². The molecule has 0 aliphatic heterocycles. The topological polar surface area (TPSA) is 6.48 Å². The Morgan fingerprint density at radius 2 is 0.812 bits per heavy atom. The Balaban J connectivity index is 1.07. The van der Waals surface area contributed by atoms with Gasteiger partial charge < -0.3 is 9.80 Å². The van der Waals surface area contributed by atoms with E-state index in [4.69, 9.17) is 6.85 Å². The van der Waals surface area contributed by atoms with E-state index in [1.54, 1.807) is 11.3 Å². The molecule has 13 rings (SSSR count). The molecule has 11 aromatic rings. The van der Waals surface area contributed by atoms with Gasteiger partial charge in [-0.15, -0.1) is 11.3 Å². The highest BCUT2D eigenvalue weighted by Crippen LogP contribution is 2.64. The first-order valence-corrected chi connectivity index (χ1v) is 22.4. The molecule has 300 valence electrons. The zero-order valence-electron chi connectivity index (χ0n) is 39.5. The smallest absolute Gasteiger partial charge is 0.0727 e. The number of rotatable bonds is 7. The number of para-hydroxylation sites is 2. The molecule has 1 aromatic heterocycles. The summed E-state index contributed by atoms with van der Waals surface area (Å²) >= 11 is 1.76. The molecule has 1 heterocycles. The normalized spacial score (nSPS) is 15.4. The molecule has 0 bridgehead atoms. The Morgan fingerprint density at radius 1 is 0.328 bits per heavy atom. The minimum atomic E-state index is -0.681. The van der Waals surface area contributed by atoms with Gasteiger partial charge in [0, 0.05) is 54.3 Å². The lowest BCUT2D eigenvalue weighted by molar-refractivity contribution is 0.793. The first-order valence-electron chi connectivity index (χ1n) is 24.1. The molecular weight excluding hydrogens is 793 g/mol. The Hall–Kier alpha value is -7.98. The lowest BCUT2D eigenvalue weighted by atomic mass is 9.70. The fourth-order valence-corrected chi connectivity index (χ4v) is 11.6. The first kappa shape index (κ1) is 31.8. The molecule has 1 unspecified atom stereocenters. The van der Waals surface area contributed by atoms with Crippen molar-refractivity contribution in [3.8, 4) is 33.4 Å². The van der Waals surface area contributed by atoms with Crippen molar-refractivity contribution >= 4 is 65.6 Å². The van der Waals surface area contributed by atoms with Crippen molar-refractivity contribution in [2.75, 3.05) is 9.80 Å². The van der Waals surface area contributed by atoms with Crippen LogP contribution in [-0.2, 0) is 5.41 Å². The van der Waals surface area contributed by atoms with Crippen LogP contribution in [0.3, 0.4) is 0 Å². The van der Waals surface area contributed by atoms with E-state index >= 15 is 0 Å². The van der Waals surface area contributed by atoms with Gasteiger partial charge in [-0.05, 0) is 134 Å². The second-order valence-electron chi connectivity index (χ2n) is 16.5. The Bertz CT molecular complexity index is 3810. The second-order valence-corrected chi connectivity index (χ2v) is 17.6. The standard InChI is InChI=1S/C61H40N2S/c1-4-17-41(18-5-1)42-19-16-24-45(37-42)63(48-33-36-54-53-27-12-15-30-59(53)64-60(54)40-48)47-32-35-52-50-26-11-14-29-56(50)61(58(52)39-47)55-28-13-10-25-49(55)51-34-31-46(38-57(51)61)62(43-20-6-2-7-21-43)44-22-8-3-9-23-44/h1-40H/i1D,4D,5D,17D,18D. The zero-order chi connectivity index (χ0) is 46.5. The van der Waals surface area contributed by atoms with Gasteiger partial charge >= 0.3 is 0 Å². The maximum atomic E-state index is 8.93. The van der Waals surface area contributed by atoms with Gasteiger partial charge in [-0.1, -0.05) is 164 Å². The van der Waals surface area contributed by atoms with Crippen LogP contribution in [0, 0.1) is 0 Å². The van der Waals surface area contributed by atoms with Crippen LogP contribution in [0.25, 0.3) is 53.6 Å². The van der Waals surface area contributed by atoms with Crippen LogP contribution in [0.4, 0.5) is 34.1 Å². The van der Waals surface area contributed by atoms with Gasteiger partial charge in [0.05, 0.1) is 12.3 Å². The highest BCUT2D eigenvalue weighted by atomic mass is 32.1. The molecule has 2 aliphatic rings. The zero-order valence-corrected chi connectivity index (χ0v) is 35.3. The highest BCUT2D eigenvalue weighted by Gasteiger charge is 2.52. The van der Waals surface area contributed by atoms with Crippen LogP contribution < -0.4 is 9.80 Å². The van der Waals surface area contributed by atoms with Crippen LogP contribution >= 0.6 is 11.3 Å². The van der Waals surface area contributed by atoms with Gasteiger partial charge in [0.1, 0.15) is 0 Å². The summed E-state index contributed by atoms with van der Waals surface area (Å²) in [7, 11) is 0. The molecule has 1 atom stereocenters. The van der Waals surface area contributed by atoms with Gasteiger partial charge in [-0.3, -0.25) is 0 Å². The summed E-state index contributed by atoms with van der Waals surface area (Å²) in [5.74, 6) is 0. The summed E-state index contributed by atoms with van der Waals surface area (Å²) in [4.78, 5) is 4.59. The lowest BCUT2D eigenvalue weighted by Gasteiger charge is -2.33. The van der Waals surface area contributed by atoms with Crippen molar-refractivity contribution in [2.24, 2.45) is 0 Å². The third kappa shape index (κ3) is 5.51. The number of benzene rings is 10. The highest BCUT2D eigenvalue weighted by molar-refractivity contribution is 7.25. The Morgan fingerprint density at radius 3 is 1.47 bits per heavy atom. The molecule has 3 heteroatoms. The van der Waals surface area contributed by atoms with Crippen LogP contribution in [0.15, 0.2) is 243 Å². The predicted molar refractivity (Wildman–Crippen MR) is 270 cm³/mol. The first-order chi connectivity index (χ1) is 33.8. The summed E-state index contributed by atoms with van der Waals surface area (Å²) < 4.78 is 45.6. The van der Waals surface area contributed by atoms with Crippen LogP contribution in [0.2, 0.25) is 0 Å². The molecule has 0 saturated carbocycles. The average Bonchev–Trinajstić information content (AvgIpc) is 4.02. The number of thiophene rings is 1. The molecule has 0 N–H and O–H groups in total. The van der Waals surface area contributed by atoms with Crippen molar-refractivity contribution in [3.63, 3.8) is 0 Å². The lowest BCUT2D eigenvalue weighted by Crippen LogP contribution is -2.26. The molecular formula is C61H40N2S. The number of hydrogen-bond donors (Lipinski definition) is 0. The van der Waals surface area contributed by atoms with E-state index < -0.39 is 11.5 Å². The molecule has 0 radical (unpaired) electrons. The van der Waals surface area contributed by atoms with Crippen molar-refractivity contribution in [3.05, 3.63) is 265 Å². The number of hydrogen-bond acceptors (Lipinski definition) is 3. The van der Waals surface area contributed by atoms with Gasteiger partial charge in [0.2, 0.25) is 0 Å². The summed E-state index contributed by atoms with van der Waals surface area (Å²) in [6.07, 6.45) is 0. The van der Waals surface area contributed by atoms with Crippen molar-refractivity contribution < 1.29 is 6.85 Å². The fraction of sp³-hybridized carbons (Fsp3) is 0.0164. The molecule has 2 aliphatic carbocycles. The van der Waals surface area contributed by atoms with Gasteiger partial charge in [-0.2, -0.15) is 0 Å². The second kappa shape index (κ2) is 14.6. The maximum absolute atomic E-state index is 8.93. The van der Waals surface area contributed by atoms with E-state index in [0.717, 1.165) is 44.4 Å². The van der Waals surface area contributed by atoms with Gasteiger partial charge in [0.15, 0.2) is 0 Å². The summed E-state index contributed by atoms with van der Waals surface area (Å²) in [6, 6.07) is 73.9. The summed E-state index contributed by atoms with van der Waals surface area (Å²) in [6.45, 7) is 0. The largest absolute Gasteiger partial charge is 0.310 e. The molecule has 0 saturated heterocycles. The van der Waals surface area contributed by atoms with E-state index in [1.807, 2.05) is 24.3 Å². The monoisotopic (exact) mass is 837 g/mol. The van der Waals surface area contributed by atoms with Gasteiger partial charge in [-0.25, -0.2) is 0 Å². The molecule has 64 heavy (non-hydrogen) atoms. The number of nitrogens with zero attached hydrogens (tertiary/aromatic N) is 2. The molecule has 10 aromatic carbocycles.